The van der Waals surface area contributed by atoms with E-state index < -0.39 is 11.8 Å². The van der Waals surface area contributed by atoms with Gasteiger partial charge in [0.2, 0.25) is 11.7 Å². The van der Waals surface area contributed by atoms with E-state index in [1.54, 1.807) is 0 Å². The Bertz CT molecular complexity index is 1430. The van der Waals surface area contributed by atoms with Crippen molar-refractivity contribution in [3.8, 4) is 0 Å². The quantitative estimate of drug-likeness (QED) is 0.352. The van der Waals surface area contributed by atoms with Crippen LogP contribution in [0.2, 0.25) is 5.02 Å². The molecule has 2 aromatic heterocycles. The van der Waals surface area contributed by atoms with E-state index in [0.717, 1.165) is 23.3 Å². The zero-order chi connectivity index (χ0) is 27.1. The second kappa shape index (κ2) is 12.6. The summed E-state index contributed by atoms with van der Waals surface area (Å²) in [6.45, 7) is 2.15. The van der Waals surface area contributed by atoms with E-state index >= 15 is 0 Å². The summed E-state index contributed by atoms with van der Waals surface area (Å²) in [6.07, 6.45) is 1.28. The Labute approximate surface area is 226 Å². The molecule has 3 amide bonds. The topological polar surface area (TPSA) is 127 Å². The molecule has 38 heavy (non-hydrogen) atoms. The van der Waals surface area contributed by atoms with Gasteiger partial charge in [0.25, 0.3) is 11.8 Å². The third-order valence-corrected chi connectivity index (χ3v) is 6.54. The van der Waals surface area contributed by atoms with Crippen molar-refractivity contribution in [1.82, 2.24) is 24.6 Å². The average Bonchev–Trinajstić information content (AvgIpc) is 3.46. The molecule has 0 unspecified atom stereocenters. The number of nitrogens with zero attached hydrogens (tertiary/aromatic N) is 3. The minimum atomic E-state index is -0.430. The van der Waals surface area contributed by atoms with E-state index in [4.69, 9.17) is 16.3 Å². The molecule has 4 aromatic rings. The van der Waals surface area contributed by atoms with Crippen LogP contribution in [0.3, 0.4) is 0 Å². The number of carbonyl (C=O) groups is 3. The predicted octanol–water partition coefficient (Wildman–Crippen LogP) is 3.62. The monoisotopic (exact) mass is 558 g/mol. The van der Waals surface area contributed by atoms with E-state index in [1.807, 2.05) is 24.3 Å². The van der Waals surface area contributed by atoms with Gasteiger partial charge in [0, 0.05) is 30.7 Å². The normalized spacial score (nSPS) is 13.5. The molecule has 6 rings (SSSR count). The minimum Gasteiger partial charge on any atom is -0.381 e. The zero-order valence-corrected chi connectivity index (χ0v) is 21.9. The highest BCUT2D eigenvalue weighted by atomic mass is 35.5. The standard InChI is InChI=1S/C16H14N6O3S.C6H4ClF.C3H6O/c1-17-16(25)14-19-13(9-6-18-11(23)7-22(9)14)20-15(24)12-8-4-2-3-5-10(8)26-21-12;7-5-1-3-6(8)4-2-5;1-2-4-3-1/h2-5H,6-7H2,1H3,(H,17,25)(H,18,23)(H,20,24);1-4H;1-3H2. The molecule has 10 nitrogen and oxygen atoms in total. The Morgan fingerprint density at radius 3 is 2.45 bits per heavy atom. The van der Waals surface area contributed by atoms with E-state index in [-0.39, 0.29) is 36.5 Å². The Morgan fingerprint density at radius 2 is 1.82 bits per heavy atom. The summed E-state index contributed by atoms with van der Waals surface area (Å²) in [7, 11) is 1.48. The van der Waals surface area contributed by atoms with E-state index in [9.17, 15) is 18.8 Å². The van der Waals surface area contributed by atoms with Crippen LogP contribution < -0.4 is 16.0 Å². The first-order valence-corrected chi connectivity index (χ1v) is 12.7. The maximum absolute atomic E-state index is 12.7. The van der Waals surface area contributed by atoms with Gasteiger partial charge < -0.3 is 25.3 Å². The highest BCUT2D eigenvalue weighted by molar-refractivity contribution is 7.13. The Morgan fingerprint density at radius 1 is 1.13 bits per heavy atom. The number of benzene rings is 2. The second-order valence-corrected chi connectivity index (χ2v) is 9.30. The first-order valence-electron chi connectivity index (χ1n) is 11.6. The van der Waals surface area contributed by atoms with Gasteiger partial charge in [-0.15, -0.1) is 0 Å². The van der Waals surface area contributed by atoms with E-state index in [2.05, 4.69) is 25.3 Å². The summed E-state index contributed by atoms with van der Waals surface area (Å²) in [5, 5.41) is 9.21. The summed E-state index contributed by atoms with van der Waals surface area (Å²) in [6, 6.07) is 13.1. The molecule has 3 N–H and O–H groups in total. The number of fused-ring (bicyclic) bond motifs is 2. The number of nitrogens with one attached hydrogen (secondary N) is 3. The first kappa shape index (κ1) is 27.2. The van der Waals surface area contributed by atoms with Crippen molar-refractivity contribution in [2.24, 2.45) is 0 Å². The lowest BCUT2D eigenvalue weighted by molar-refractivity contribution is -0.122. The van der Waals surface area contributed by atoms with Gasteiger partial charge in [0.15, 0.2) is 5.82 Å². The summed E-state index contributed by atoms with van der Waals surface area (Å²) in [4.78, 5) is 40.6. The molecular weight excluding hydrogens is 535 g/mol. The SMILES string of the molecule is C1COC1.CNC(=O)c1nc(NC(=O)c2nsc3ccccc23)c2n1CC(=O)NC2.Fc1ccc(Cl)cc1. The number of amides is 3. The largest absolute Gasteiger partial charge is 0.381 e. The van der Waals surface area contributed by atoms with Gasteiger partial charge in [-0.1, -0.05) is 29.8 Å². The molecule has 0 radical (unpaired) electrons. The van der Waals surface area contributed by atoms with Crippen molar-refractivity contribution in [1.29, 1.82) is 0 Å². The molecule has 4 heterocycles. The molecule has 1 saturated heterocycles. The fourth-order valence-electron chi connectivity index (χ4n) is 3.39. The molecule has 1 fully saturated rings. The Hall–Kier alpha value is -3.87. The number of rotatable bonds is 3. The van der Waals surface area contributed by atoms with Crippen LogP contribution in [0, 0.1) is 5.82 Å². The number of ether oxygens (including phenoxy) is 1. The first-order chi connectivity index (χ1) is 18.4. The second-order valence-electron chi connectivity index (χ2n) is 8.06. The number of halogens is 2. The molecule has 13 heteroatoms. The molecule has 0 bridgehead atoms. The molecule has 2 aliphatic rings. The highest BCUT2D eigenvalue weighted by Gasteiger charge is 2.28. The molecule has 0 spiro atoms. The third kappa shape index (κ3) is 6.52. The molecule has 0 atom stereocenters. The van der Waals surface area contributed by atoms with Gasteiger partial charge in [-0.25, -0.2) is 9.37 Å². The van der Waals surface area contributed by atoms with Crippen molar-refractivity contribution in [3.05, 3.63) is 76.6 Å². The smallest absolute Gasteiger partial charge is 0.287 e. The summed E-state index contributed by atoms with van der Waals surface area (Å²) in [5.74, 6) is -0.997. The molecular formula is C25H24ClFN6O4S. The lowest BCUT2D eigenvalue weighted by Gasteiger charge is -2.17. The molecule has 198 valence electrons. The lowest BCUT2D eigenvalue weighted by atomic mass is 10.2. The van der Waals surface area contributed by atoms with Crippen LogP contribution in [0.5, 0.6) is 0 Å². The van der Waals surface area contributed by atoms with Crippen molar-refractivity contribution in [3.63, 3.8) is 0 Å². The van der Waals surface area contributed by atoms with Crippen LogP contribution in [0.1, 0.15) is 33.2 Å². The van der Waals surface area contributed by atoms with Gasteiger partial charge >= 0.3 is 0 Å². The predicted molar refractivity (Wildman–Crippen MR) is 142 cm³/mol. The summed E-state index contributed by atoms with van der Waals surface area (Å²) in [5.41, 5.74) is 0.866. The Balaban J connectivity index is 0.000000230. The number of anilines is 1. The maximum atomic E-state index is 12.7. The third-order valence-electron chi connectivity index (χ3n) is 5.46. The number of aromatic nitrogens is 3. The maximum Gasteiger partial charge on any atom is 0.287 e. The van der Waals surface area contributed by atoms with Crippen molar-refractivity contribution in [2.45, 2.75) is 19.5 Å². The fourth-order valence-corrected chi connectivity index (χ4v) is 4.29. The van der Waals surface area contributed by atoms with Gasteiger partial charge in [-0.2, -0.15) is 4.37 Å². The van der Waals surface area contributed by atoms with Crippen LogP contribution in [-0.4, -0.2) is 51.9 Å². The van der Waals surface area contributed by atoms with Crippen LogP contribution in [0.4, 0.5) is 10.2 Å². The molecule has 0 aliphatic carbocycles. The average molecular weight is 559 g/mol. The Kier molecular flexibility index (Phi) is 9.00. The van der Waals surface area contributed by atoms with Crippen LogP contribution in [0.25, 0.3) is 10.1 Å². The van der Waals surface area contributed by atoms with E-state index in [0.29, 0.717) is 16.4 Å². The van der Waals surface area contributed by atoms with Crippen molar-refractivity contribution < 1.29 is 23.5 Å². The fraction of sp³-hybridized carbons (Fsp3) is 0.240. The lowest BCUT2D eigenvalue weighted by Crippen LogP contribution is -2.36. The molecule has 0 saturated carbocycles. The molecule has 2 aromatic carbocycles. The van der Waals surface area contributed by atoms with Gasteiger partial charge in [0.1, 0.15) is 18.1 Å². The van der Waals surface area contributed by atoms with E-state index in [1.165, 1.54) is 53.8 Å². The van der Waals surface area contributed by atoms with Crippen LogP contribution >= 0.6 is 23.1 Å². The van der Waals surface area contributed by atoms with Crippen LogP contribution in [0.15, 0.2) is 48.5 Å². The number of hydrogen-bond donors (Lipinski definition) is 3. The number of hydrogen-bond acceptors (Lipinski definition) is 7. The van der Waals surface area contributed by atoms with Crippen molar-refractivity contribution in [2.75, 3.05) is 25.6 Å². The van der Waals surface area contributed by atoms with Gasteiger partial charge in [0.05, 0.1) is 16.9 Å². The summed E-state index contributed by atoms with van der Waals surface area (Å²) < 4.78 is 23.4. The van der Waals surface area contributed by atoms with Gasteiger partial charge in [-0.3, -0.25) is 14.4 Å². The number of imidazole rings is 1. The highest BCUT2D eigenvalue weighted by Crippen LogP contribution is 2.25. The zero-order valence-electron chi connectivity index (χ0n) is 20.3. The molecule has 2 aliphatic heterocycles. The minimum absolute atomic E-state index is 0.0272. The van der Waals surface area contributed by atoms with Crippen LogP contribution in [-0.2, 0) is 22.6 Å². The van der Waals surface area contributed by atoms with Gasteiger partial charge in [-0.05, 0) is 48.3 Å². The van der Waals surface area contributed by atoms with Crippen molar-refractivity contribution >= 4 is 56.8 Å². The number of carbonyl (C=O) groups excluding carboxylic acids is 3. The summed E-state index contributed by atoms with van der Waals surface area (Å²) >= 11 is 6.68.